The Balaban J connectivity index is 1.87. The first-order valence-corrected chi connectivity index (χ1v) is 7.31. The Morgan fingerprint density at radius 3 is 2.76 bits per heavy atom. The standard InChI is InChI=1S/C15H14F2N6O2/c1-23-5-4-11(22-23)12(6-8-2-3-9(16)7-10(8)17)18-14(24)13-19-15(25)21-20-13/h2-5,7,12H,6H2,1H3,(H,18,24)(H2,19,20,21,25). The molecule has 3 rings (SSSR count). The van der Waals surface area contributed by atoms with Crippen molar-refractivity contribution in [3.05, 3.63) is 69.7 Å². The quantitative estimate of drug-likeness (QED) is 0.634. The molecule has 1 aromatic carbocycles. The van der Waals surface area contributed by atoms with Crippen molar-refractivity contribution in [2.24, 2.45) is 7.05 Å². The predicted octanol–water partition coefficient (Wildman–Crippen LogP) is 0.823. The molecule has 1 amide bonds. The number of aromatic amines is 2. The summed E-state index contributed by atoms with van der Waals surface area (Å²) in [5.41, 5.74) is 0.0782. The van der Waals surface area contributed by atoms with Crippen LogP contribution in [0.2, 0.25) is 0 Å². The number of H-pyrrole nitrogens is 2. The van der Waals surface area contributed by atoms with Gasteiger partial charge in [0.15, 0.2) is 0 Å². The van der Waals surface area contributed by atoms with Gasteiger partial charge in [0.25, 0.3) is 5.91 Å². The molecule has 0 bridgehead atoms. The van der Waals surface area contributed by atoms with Crippen molar-refractivity contribution in [1.82, 2.24) is 30.3 Å². The number of nitrogens with one attached hydrogen (secondary N) is 3. The molecule has 3 N–H and O–H groups in total. The molecule has 8 nitrogen and oxygen atoms in total. The van der Waals surface area contributed by atoms with Gasteiger partial charge in [0.05, 0.1) is 11.7 Å². The summed E-state index contributed by atoms with van der Waals surface area (Å²) in [6.45, 7) is 0. The van der Waals surface area contributed by atoms with Crippen molar-refractivity contribution in [2.75, 3.05) is 0 Å². The Kier molecular flexibility index (Phi) is 4.42. The van der Waals surface area contributed by atoms with Gasteiger partial charge in [0.2, 0.25) is 5.82 Å². The minimum absolute atomic E-state index is 0.0452. The van der Waals surface area contributed by atoms with Gasteiger partial charge in [-0.2, -0.15) is 5.10 Å². The number of aromatic nitrogens is 5. The molecule has 10 heteroatoms. The van der Waals surface area contributed by atoms with Crippen molar-refractivity contribution in [2.45, 2.75) is 12.5 Å². The molecular formula is C15H14F2N6O2. The molecule has 3 aromatic rings. The van der Waals surface area contributed by atoms with E-state index in [0.717, 1.165) is 12.1 Å². The summed E-state index contributed by atoms with van der Waals surface area (Å²) in [6, 6.07) is 4.19. The molecule has 1 atom stereocenters. The lowest BCUT2D eigenvalue weighted by molar-refractivity contribution is 0.0925. The molecule has 0 saturated heterocycles. The van der Waals surface area contributed by atoms with Crippen molar-refractivity contribution in [3.8, 4) is 0 Å². The van der Waals surface area contributed by atoms with E-state index in [-0.39, 0.29) is 17.8 Å². The molecule has 0 radical (unpaired) electrons. The number of benzene rings is 1. The zero-order valence-corrected chi connectivity index (χ0v) is 13.1. The lowest BCUT2D eigenvalue weighted by Gasteiger charge is -2.16. The SMILES string of the molecule is Cn1ccc(C(Cc2ccc(F)cc2F)NC(=O)c2n[nH]c(=O)[nH]2)n1. The van der Waals surface area contributed by atoms with Gasteiger partial charge in [-0.25, -0.2) is 18.7 Å². The fraction of sp³-hybridized carbons (Fsp3) is 0.200. The minimum Gasteiger partial charge on any atom is -0.341 e. The Hall–Kier alpha value is -3.30. The van der Waals surface area contributed by atoms with Gasteiger partial charge in [-0.15, -0.1) is 5.10 Å². The maximum absolute atomic E-state index is 14.0. The van der Waals surface area contributed by atoms with E-state index in [1.54, 1.807) is 19.3 Å². The number of amides is 1. The van der Waals surface area contributed by atoms with Gasteiger partial charge < -0.3 is 5.32 Å². The number of carbonyl (C=O) groups excluding carboxylic acids is 1. The molecule has 0 aliphatic heterocycles. The summed E-state index contributed by atoms with van der Waals surface area (Å²) in [4.78, 5) is 25.5. The van der Waals surface area contributed by atoms with Crippen LogP contribution in [0.4, 0.5) is 8.78 Å². The second-order valence-electron chi connectivity index (χ2n) is 5.41. The summed E-state index contributed by atoms with van der Waals surface area (Å²) >= 11 is 0. The van der Waals surface area contributed by atoms with Crippen LogP contribution in [0.3, 0.4) is 0 Å². The lowest BCUT2D eigenvalue weighted by atomic mass is 10.0. The first-order valence-electron chi connectivity index (χ1n) is 7.31. The highest BCUT2D eigenvalue weighted by Crippen LogP contribution is 2.20. The summed E-state index contributed by atoms with van der Waals surface area (Å²) < 4.78 is 28.6. The van der Waals surface area contributed by atoms with Crippen LogP contribution in [0.1, 0.15) is 27.9 Å². The summed E-state index contributed by atoms with van der Waals surface area (Å²) in [5, 5.41) is 12.5. The molecule has 2 heterocycles. The van der Waals surface area contributed by atoms with Crippen molar-refractivity contribution in [3.63, 3.8) is 0 Å². The second kappa shape index (κ2) is 6.67. The molecule has 0 saturated carbocycles. The Morgan fingerprint density at radius 1 is 1.36 bits per heavy atom. The van der Waals surface area contributed by atoms with Crippen LogP contribution in [0.15, 0.2) is 35.3 Å². The largest absolute Gasteiger partial charge is 0.341 e. The zero-order valence-electron chi connectivity index (χ0n) is 13.1. The Labute approximate surface area is 139 Å². The summed E-state index contributed by atoms with van der Waals surface area (Å²) in [5.74, 6) is -2.26. The van der Waals surface area contributed by atoms with Crippen molar-refractivity contribution < 1.29 is 13.6 Å². The van der Waals surface area contributed by atoms with Crippen LogP contribution in [-0.4, -0.2) is 30.9 Å². The number of hydrogen-bond donors (Lipinski definition) is 3. The Bertz CT molecular complexity index is 961. The average molecular weight is 348 g/mol. The lowest BCUT2D eigenvalue weighted by Crippen LogP contribution is -2.31. The first-order chi connectivity index (χ1) is 11.9. The highest BCUT2D eigenvalue weighted by atomic mass is 19.1. The van der Waals surface area contributed by atoms with E-state index in [4.69, 9.17) is 0 Å². The van der Waals surface area contributed by atoms with Gasteiger partial charge in [0.1, 0.15) is 11.6 Å². The third-order valence-electron chi connectivity index (χ3n) is 3.55. The van der Waals surface area contributed by atoms with E-state index in [0.29, 0.717) is 5.69 Å². The number of hydrogen-bond acceptors (Lipinski definition) is 4. The maximum atomic E-state index is 14.0. The number of aryl methyl sites for hydroxylation is 1. The maximum Gasteiger partial charge on any atom is 0.341 e. The molecule has 0 spiro atoms. The number of carbonyl (C=O) groups is 1. The summed E-state index contributed by atoms with van der Waals surface area (Å²) in [7, 11) is 1.70. The van der Waals surface area contributed by atoms with Crippen LogP contribution in [0.25, 0.3) is 0 Å². The third kappa shape index (κ3) is 3.79. The monoisotopic (exact) mass is 348 g/mol. The molecule has 25 heavy (non-hydrogen) atoms. The second-order valence-corrected chi connectivity index (χ2v) is 5.41. The van der Waals surface area contributed by atoms with E-state index >= 15 is 0 Å². The van der Waals surface area contributed by atoms with Crippen LogP contribution in [0.5, 0.6) is 0 Å². The van der Waals surface area contributed by atoms with E-state index in [1.165, 1.54) is 10.7 Å². The van der Waals surface area contributed by atoms with Gasteiger partial charge in [-0.05, 0) is 17.7 Å². The van der Waals surface area contributed by atoms with Gasteiger partial charge in [-0.3, -0.25) is 14.5 Å². The van der Waals surface area contributed by atoms with Crippen LogP contribution in [0, 0.1) is 11.6 Å². The van der Waals surface area contributed by atoms with Gasteiger partial charge in [0, 0.05) is 25.7 Å². The van der Waals surface area contributed by atoms with Gasteiger partial charge in [-0.1, -0.05) is 6.07 Å². The topological polar surface area (TPSA) is 108 Å². The van der Waals surface area contributed by atoms with E-state index in [1.807, 2.05) is 0 Å². The highest BCUT2D eigenvalue weighted by Gasteiger charge is 2.22. The first kappa shape index (κ1) is 16.6. The van der Waals surface area contributed by atoms with Crippen molar-refractivity contribution >= 4 is 5.91 Å². The minimum atomic E-state index is -0.719. The third-order valence-corrected chi connectivity index (χ3v) is 3.55. The van der Waals surface area contributed by atoms with Crippen molar-refractivity contribution in [1.29, 1.82) is 0 Å². The van der Waals surface area contributed by atoms with E-state index in [9.17, 15) is 18.4 Å². The van der Waals surface area contributed by atoms with E-state index in [2.05, 4.69) is 25.6 Å². The molecule has 130 valence electrons. The molecule has 1 unspecified atom stereocenters. The Morgan fingerprint density at radius 2 is 2.16 bits per heavy atom. The summed E-state index contributed by atoms with van der Waals surface area (Å²) in [6.07, 6.45) is 1.72. The molecule has 2 aromatic heterocycles. The predicted molar refractivity (Wildman–Crippen MR) is 82.7 cm³/mol. The number of nitrogens with zero attached hydrogens (tertiary/aromatic N) is 3. The molecule has 0 fully saturated rings. The fourth-order valence-electron chi connectivity index (χ4n) is 2.36. The van der Waals surface area contributed by atoms with Crippen LogP contribution in [-0.2, 0) is 13.5 Å². The van der Waals surface area contributed by atoms with Crippen LogP contribution < -0.4 is 11.0 Å². The smallest absolute Gasteiger partial charge is 0.341 e. The normalized spacial score (nSPS) is 12.1. The van der Waals surface area contributed by atoms with Crippen LogP contribution >= 0.6 is 0 Å². The fourth-order valence-corrected chi connectivity index (χ4v) is 2.36. The van der Waals surface area contributed by atoms with Gasteiger partial charge >= 0.3 is 5.69 Å². The zero-order chi connectivity index (χ0) is 18.0. The molecule has 0 aliphatic rings. The number of rotatable bonds is 5. The average Bonchev–Trinajstić information content (AvgIpc) is 3.17. The van der Waals surface area contributed by atoms with E-state index < -0.39 is 29.3 Å². The highest BCUT2D eigenvalue weighted by molar-refractivity contribution is 5.90. The number of halogens is 2. The molecule has 0 aliphatic carbocycles. The molecular weight excluding hydrogens is 334 g/mol.